The summed E-state index contributed by atoms with van der Waals surface area (Å²) in [5.74, 6) is -0.141. The molecule has 2 heterocycles. The zero-order valence-electron chi connectivity index (χ0n) is 18.0. The number of likely N-dealkylation sites (tertiary alicyclic amines) is 1. The number of piperidine rings is 1. The zero-order chi connectivity index (χ0) is 22.5. The van der Waals surface area contributed by atoms with Crippen molar-refractivity contribution in [1.82, 2.24) is 14.8 Å². The van der Waals surface area contributed by atoms with Crippen LogP contribution in [0.25, 0.3) is 0 Å². The highest BCUT2D eigenvalue weighted by Crippen LogP contribution is 2.15. The van der Waals surface area contributed by atoms with E-state index in [1.54, 1.807) is 18.3 Å². The van der Waals surface area contributed by atoms with E-state index in [0.717, 1.165) is 19.6 Å². The number of ether oxygens (including phenoxy) is 2. The standard InChI is InChI=1S/C21H32N4O5S/c1-29-21(27)25(12-14-31(28)17-19(22)26)11-5-6-13-30-20-15-18(7-8-23-20)16-24-9-3-2-4-10-24/h5-8,15H,2-4,9-14,16-17H2,1H3,(H2,22,26)/b6-5-. The minimum absolute atomic E-state index is 0.149. The van der Waals surface area contributed by atoms with Crippen molar-refractivity contribution in [2.75, 3.05) is 51.4 Å². The summed E-state index contributed by atoms with van der Waals surface area (Å²) >= 11 is 0. The van der Waals surface area contributed by atoms with Crippen molar-refractivity contribution in [3.8, 4) is 5.88 Å². The van der Waals surface area contributed by atoms with E-state index in [1.807, 2.05) is 12.1 Å². The van der Waals surface area contributed by atoms with Crippen molar-refractivity contribution >= 4 is 22.8 Å². The molecule has 172 valence electrons. The van der Waals surface area contributed by atoms with E-state index in [0.29, 0.717) is 12.5 Å². The first kappa shape index (κ1) is 24.8. The molecule has 0 saturated carbocycles. The van der Waals surface area contributed by atoms with Crippen LogP contribution < -0.4 is 10.5 Å². The molecule has 0 radical (unpaired) electrons. The van der Waals surface area contributed by atoms with Gasteiger partial charge in [0.2, 0.25) is 11.8 Å². The fraction of sp³-hybridized carbons (Fsp3) is 0.571. The molecule has 1 fully saturated rings. The van der Waals surface area contributed by atoms with Gasteiger partial charge in [-0.1, -0.05) is 12.5 Å². The first-order chi connectivity index (χ1) is 15.0. The molecule has 2 rings (SSSR count). The maximum atomic E-state index is 11.9. The zero-order valence-corrected chi connectivity index (χ0v) is 18.8. The Kier molecular flexibility index (Phi) is 11.0. The van der Waals surface area contributed by atoms with Gasteiger partial charge in [-0.3, -0.25) is 13.9 Å². The van der Waals surface area contributed by atoms with Crippen LogP contribution in [0.4, 0.5) is 4.79 Å². The van der Waals surface area contributed by atoms with Crippen molar-refractivity contribution in [1.29, 1.82) is 0 Å². The summed E-state index contributed by atoms with van der Waals surface area (Å²) in [6.07, 6.45) is 8.59. The highest BCUT2D eigenvalue weighted by molar-refractivity contribution is 7.85. The molecule has 10 heteroatoms. The van der Waals surface area contributed by atoms with Crippen LogP contribution in [0.1, 0.15) is 24.8 Å². The molecular formula is C21H32N4O5S. The van der Waals surface area contributed by atoms with E-state index in [-0.39, 0.29) is 24.6 Å². The van der Waals surface area contributed by atoms with E-state index in [2.05, 4.69) is 9.88 Å². The van der Waals surface area contributed by atoms with E-state index in [9.17, 15) is 13.8 Å². The number of carbonyl (C=O) groups excluding carboxylic acids is 2. The molecule has 1 saturated heterocycles. The molecule has 1 atom stereocenters. The Morgan fingerprint density at radius 2 is 2.06 bits per heavy atom. The smallest absolute Gasteiger partial charge is 0.409 e. The second kappa shape index (κ2) is 13.8. The van der Waals surface area contributed by atoms with Gasteiger partial charge in [-0.2, -0.15) is 0 Å². The van der Waals surface area contributed by atoms with Gasteiger partial charge >= 0.3 is 6.09 Å². The average molecular weight is 453 g/mol. The predicted molar refractivity (Wildman–Crippen MR) is 119 cm³/mol. The van der Waals surface area contributed by atoms with Gasteiger partial charge in [-0.25, -0.2) is 9.78 Å². The Balaban J connectivity index is 1.77. The van der Waals surface area contributed by atoms with Crippen molar-refractivity contribution in [2.24, 2.45) is 5.73 Å². The van der Waals surface area contributed by atoms with Crippen LogP contribution in [-0.2, 0) is 26.9 Å². The van der Waals surface area contributed by atoms with Crippen LogP contribution in [0.15, 0.2) is 30.5 Å². The molecule has 0 aliphatic carbocycles. The fourth-order valence-electron chi connectivity index (χ4n) is 3.24. The number of carbonyl (C=O) groups is 2. The number of rotatable bonds is 12. The molecule has 1 unspecified atom stereocenters. The average Bonchev–Trinajstić information content (AvgIpc) is 2.75. The highest BCUT2D eigenvalue weighted by atomic mass is 32.2. The van der Waals surface area contributed by atoms with Crippen LogP contribution in [0.3, 0.4) is 0 Å². The van der Waals surface area contributed by atoms with Gasteiger partial charge in [0.15, 0.2) is 0 Å². The summed E-state index contributed by atoms with van der Waals surface area (Å²) in [6.45, 7) is 3.94. The summed E-state index contributed by atoms with van der Waals surface area (Å²) in [4.78, 5) is 30.8. The van der Waals surface area contributed by atoms with Crippen LogP contribution in [-0.4, -0.2) is 82.4 Å². The van der Waals surface area contributed by atoms with E-state index in [4.69, 9.17) is 15.2 Å². The third-order valence-corrected chi connectivity index (χ3v) is 6.04. The maximum Gasteiger partial charge on any atom is 0.409 e. The minimum atomic E-state index is -1.41. The van der Waals surface area contributed by atoms with E-state index >= 15 is 0 Å². The monoisotopic (exact) mass is 452 g/mol. The van der Waals surface area contributed by atoms with Crippen molar-refractivity contribution in [3.63, 3.8) is 0 Å². The quantitative estimate of drug-likeness (QED) is 0.475. The lowest BCUT2D eigenvalue weighted by molar-refractivity contribution is -0.115. The highest BCUT2D eigenvalue weighted by Gasteiger charge is 2.14. The van der Waals surface area contributed by atoms with Crippen LogP contribution >= 0.6 is 0 Å². The minimum Gasteiger partial charge on any atom is -0.473 e. The predicted octanol–water partition coefficient (Wildman–Crippen LogP) is 1.30. The lowest BCUT2D eigenvalue weighted by Gasteiger charge is -2.26. The van der Waals surface area contributed by atoms with Crippen LogP contribution in [0.5, 0.6) is 5.88 Å². The molecule has 1 aliphatic rings. The van der Waals surface area contributed by atoms with Gasteiger partial charge in [0.25, 0.3) is 0 Å². The van der Waals surface area contributed by atoms with E-state index < -0.39 is 22.8 Å². The molecule has 0 spiro atoms. The van der Waals surface area contributed by atoms with Crippen LogP contribution in [0, 0.1) is 0 Å². The molecule has 31 heavy (non-hydrogen) atoms. The number of nitrogens with two attached hydrogens (primary N) is 1. The molecule has 0 aromatic carbocycles. The molecule has 1 aromatic rings. The summed E-state index contributed by atoms with van der Waals surface area (Å²) < 4.78 is 22.2. The number of hydrogen-bond acceptors (Lipinski definition) is 7. The second-order valence-corrected chi connectivity index (χ2v) is 8.87. The molecule has 1 aromatic heterocycles. The van der Waals surface area contributed by atoms with Crippen LogP contribution in [0.2, 0.25) is 0 Å². The lowest BCUT2D eigenvalue weighted by atomic mass is 10.1. The number of amides is 2. The molecule has 0 bridgehead atoms. The number of nitrogens with zero attached hydrogens (tertiary/aromatic N) is 3. The molecule has 2 amide bonds. The maximum absolute atomic E-state index is 11.9. The first-order valence-electron chi connectivity index (χ1n) is 10.4. The number of aromatic nitrogens is 1. The Hall–Kier alpha value is -2.46. The topological polar surface area (TPSA) is 115 Å². The Bertz CT molecular complexity index is 768. The first-order valence-corrected chi connectivity index (χ1v) is 11.9. The number of hydrogen-bond donors (Lipinski definition) is 1. The number of pyridine rings is 1. The largest absolute Gasteiger partial charge is 0.473 e. The van der Waals surface area contributed by atoms with Gasteiger partial charge in [0.05, 0.1) is 7.11 Å². The molecule has 1 aliphatic heterocycles. The second-order valence-electron chi connectivity index (χ2n) is 7.29. The third kappa shape index (κ3) is 9.93. The van der Waals surface area contributed by atoms with Gasteiger partial charge < -0.3 is 20.1 Å². The summed E-state index contributed by atoms with van der Waals surface area (Å²) in [5.41, 5.74) is 6.21. The van der Waals surface area contributed by atoms with E-state index in [1.165, 1.54) is 36.8 Å². The van der Waals surface area contributed by atoms with Gasteiger partial charge in [-0.15, -0.1) is 0 Å². The number of primary amides is 1. The van der Waals surface area contributed by atoms with Gasteiger partial charge in [-0.05, 0) is 43.6 Å². The SMILES string of the molecule is COC(=O)N(C/C=C\COc1cc(CN2CCCCC2)ccn1)CCS(=O)CC(N)=O. The molecule has 9 nitrogen and oxygen atoms in total. The Morgan fingerprint density at radius 1 is 1.29 bits per heavy atom. The summed E-state index contributed by atoms with van der Waals surface area (Å²) in [6, 6.07) is 3.96. The van der Waals surface area contributed by atoms with Crippen molar-refractivity contribution in [2.45, 2.75) is 25.8 Å². The third-order valence-electron chi connectivity index (χ3n) is 4.80. The molecule has 2 N–H and O–H groups in total. The van der Waals surface area contributed by atoms with Crippen molar-refractivity contribution < 1.29 is 23.3 Å². The van der Waals surface area contributed by atoms with Gasteiger partial charge in [0, 0.05) is 48.4 Å². The number of methoxy groups -OCH3 is 1. The van der Waals surface area contributed by atoms with Gasteiger partial charge in [0.1, 0.15) is 12.4 Å². The summed E-state index contributed by atoms with van der Waals surface area (Å²) in [5, 5.41) is 0. The Morgan fingerprint density at radius 3 is 2.77 bits per heavy atom. The Labute approximate surface area is 186 Å². The lowest BCUT2D eigenvalue weighted by Crippen LogP contribution is -2.35. The molecular weight excluding hydrogens is 420 g/mol. The van der Waals surface area contributed by atoms with Crippen molar-refractivity contribution in [3.05, 3.63) is 36.0 Å². The fourth-order valence-corrected chi connectivity index (χ4v) is 4.12. The normalized spacial score (nSPS) is 15.5. The summed E-state index contributed by atoms with van der Waals surface area (Å²) in [7, 11) is -0.130.